The van der Waals surface area contributed by atoms with Crippen LogP contribution in [0.5, 0.6) is 11.6 Å². The molecule has 2 aromatic heterocycles. The molecule has 26 heavy (non-hydrogen) atoms. The number of rotatable bonds is 4. The predicted molar refractivity (Wildman–Crippen MR) is 97.5 cm³/mol. The van der Waals surface area contributed by atoms with Gasteiger partial charge < -0.3 is 19.3 Å². The van der Waals surface area contributed by atoms with Gasteiger partial charge in [-0.2, -0.15) is 4.98 Å². The minimum Gasteiger partial charge on any atom is -0.438 e. The highest BCUT2D eigenvalue weighted by Gasteiger charge is 2.29. The summed E-state index contributed by atoms with van der Waals surface area (Å²) in [5.74, 6) is 2.06. The lowest BCUT2D eigenvalue weighted by molar-refractivity contribution is -0.00136. The molecule has 1 N–H and O–H groups in total. The molecule has 3 heterocycles. The van der Waals surface area contributed by atoms with Gasteiger partial charge in [-0.1, -0.05) is 23.4 Å². The second-order valence-electron chi connectivity index (χ2n) is 5.74. The van der Waals surface area contributed by atoms with Crippen LogP contribution in [0.4, 0.5) is 0 Å². The molecular weight excluding hydrogens is 356 g/mol. The molecule has 0 radical (unpaired) electrons. The Hall–Kier alpha value is -2.48. The first-order chi connectivity index (χ1) is 12.3. The maximum atomic E-state index is 5.87. The molecule has 4 rings (SSSR count). The van der Waals surface area contributed by atoms with Gasteiger partial charge in [-0.15, -0.1) is 12.4 Å². The van der Waals surface area contributed by atoms with E-state index >= 15 is 0 Å². The van der Waals surface area contributed by atoms with Crippen LogP contribution < -0.4 is 10.1 Å². The van der Waals surface area contributed by atoms with E-state index in [2.05, 4.69) is 20.4 Å². The number of ether oxygens (including phenoxy) is 2. The molecule has 0 amide bonds. The van der Waals surface area contributed by atoms with E-state index in [4.69, 9.17) is 14.0 Å². The number of hydrogen-bond acceptors (Lipinski definition) is 7. The summed E-state index contributed by atoms with van der Waals surface area (Å²) in [7, 11) is 0. The number of aromatic nitrogens is 3. The van der Waals surface area contributed by atoms with E-state index in [0.717, 1.165) is 6.54 Å². The molecule has 0 aliphatic carbocycles. The quantitative estimate of drug-likeness (QED) is 0.749. The molecule has 1 saturated heterocycles. The summed E-state index contributed by atoms with van der Waals surface area (Å²) in [6.45, 7) is 3.41. The van der Waals surface area contributed by atoms with Crippen molar-refractivity contribution in [3.05, 3.63) is 54.6 Å². The lowest BCUT2D eigenvalue weighted by Crippen LogP contribution is -2.40. The molecule has 1 aliphatic heterocycles. The van der Waals surface area contributed by atoms with Crippen LogP contribution in [0.2, 0.25) is 0 Å². The van der Waals surface area contributed by atoms with Gasteiger partial charge in [0, 0.05) is 12.7 Å². The molecule has 1 fully saturated rings. The van der Waals surface area contributed by atoms with Crippen molar-refractivity contribution in [2.75, 3.05) is 13.2 Å². The lowest BCUT2D eigenvalue weighted by atomic mass is 10.1. The second kappa shape index (κ2) is 8.27. The molecule has 0 saturated carbocycles. The van der Waals surface area contributed by atoms with Crippen molar-refractivity contribution < 1.29 is 14.0 Å². The third kappa shape index (κ3) is 3.85. The van der Waals surface area contributed by atoms with E-state index in [9.17, 15) is 0 Å². The number of halogens is 1. The second-order valence-corrected chi connectivity index (χ2v) is 5.74. The molecular formula is C18H19ClN4O3. The monoisotopic (exact) mass is 374 g/mol. The van der Waals surface area contributed by atoms with E-state index in [1.54, 1.807) is 6.20 Å². The van der Waals surface area contributed by atoms with Crippen molar-refractivity contribution >= 4 is 12.4 Å². The van der Waals surface area contributed by atoms with Gasteiger partial charge in [-0.05, 0) is 31.2 Å². The normalized spacial score (nSPS) is 19.6. The summed E-state index contributed by atoms with van der Waals surface area (Å²) in [6.07, 6.45) is 1.64. The Morgan fingerprint density at radius 1 is 1.15 bits per heavy atom. The minimum absolute atomic E-state index is 0. The summed E-state index contributed by atoms with van der Waals surface area (Å²) in [5.41, 5.74) is 0.672. The van der Waals surface area contributed by atoms with E-state index < -0.39 is 0 Å². The molecule has 1 aromatic carbocycles. The smallest absolute Gasteiger partial charge is 0.246 e. The Kier molecular flexibility index (Phi) is 5.82. The molecule has 0 unspecified atom stereocenters. The number of pyridine rings is 1. The summed E-state index contributed by atoms with van der Waals surface area (Å²) in [4.78, 5) is 8.82. The zero-order valence-electron chi connectivity index (χ0n) is 14.2. The first-order valence-electron chi connectivity index (χ1n) is 8.18. The zero-order valence-corrected chi connectivity index (χ0v) is 15.0. The van der Waals surface area contributed by atoms with Crippen LogP contribution in [0, 0.1) is 0 Å². The Balaban J connectivity index is 0.00000196. The van der Waals surface area contributed by atoms with Crippen LogP contribution in [0.1, 0.15) is 18.9 Å². The Bertz CT molecular complexity index is 843. The fourth-order valence-electron chi connectivity index (χ4n) is 2.72. The third-order valence-corrected chi connectivity index (χ3v) is 3.99. The standard InChI is InChI=1S/C18H18N4O3.ClH/c1-12-15(19-10-11-23-12)18-21-16(22-25-18)14-8-5-9-20-17(14)24-13-6-3-2-4-7-13;/h2-9,12,15,19H,10-11H2,1H3;1H/t12-,15+;/m1./s1. The molecule has 0 spiro atoms. The highest BCUT2D eigenvalue weighted by atomic mass is 35.5. The van der Waals surface area contributed by atoms with Gasteiger partial charge in [0.25, 0.3) is 0 Å². The van der Waals surface area contributed by atoms with E-state index in [1.807, 2.05) is 49.4 Å². The summed E-state index contributed by atoms with van der Waals surface area (Å²) in [6, 6.07) is 13.0. The molecule has 1 aliphatic rings. The molecule has 2 atom stereocenters. The fourth-order valence-corrected chi connectivity index (χ4v) is 2.72. The highest BCUT2D eigenvalue weighted by Crippen LogP contribution is 2.30. The third-order valence-electron chi connectivity index (χ3n) is 3.99. The molecule has 136 valence electrons. The van der Waals surface area contributed by atoms with Crippen molar-refractivity contribution in [3.8, 4) is 23.0 Å². The van der Waals surface area contributed by atoms with Gasteiger partial charge in [0.15, 0.2) is 0 Å². The van der Waals surface area contributed by atoms with E-state index in [-0.39, 0.29) is 24.6 Å². The zero-order chi connectivity index (χ0) is 17.1. The lowest BCUT2D eigenvalue weighted by Gasteiger charge is -2.27. The average Bonchev–Trinajstić information content (AvgIpc) is 3.13. The van der Waals surface area contributed by atoms with Gasteiger partial charge in [-0.25, -0.2) is 4.98 Å². The summed E-state index contributed by atoms with van der Waals surface area (Å²) >= 11 is 0. The Morgan fingerprint density at radius 3 is 2.81 bits per heavy atom. The average molecular weight is 375 g/mol. The van der Waals surface area contributed by atoms with Gasteiger partial charge >= 0.3 is 0 Å². The SMILES string of the molecule is C[C@H]1OCCN[C@@H]1c1nc(-c2cccnc2Oc2ccccc2)no1.Cl. The number of nitrogens with zero attached hydrogens (tertiary/aromatic N) is 3. The molecule has 0 bridgehead atoms. The van der Waals surface area contributed by atoms with Crippen LogP contribution in [-0.4, -0.2) is 34.4 Å². The van der Waals surface area contributed by atoms with Crippen molar-refractivity contribution in [2.45, 2.75) is 19.1 Å². The molecule has 3 aromatic rings. The Morgan fingerprint density at radius 2 is 2.00 bits per heavy atom. The first kappa shape index (κ1) is 18.3. The van der Waals surface area contributed by atoms with Crippen LogP contribution in [-0.2, 0) is 4.74 Å². The summed E-state index contributed by atoms with van der Waals surface area (Å²) < 4.78 is 16.9. The van der Waals surface area contributed by atoms with E-state index in [0.29, 0.717) is 35.5 Å². The predicted octanol–water partition coefficient (Wildman–Crippen LogP) is 3.40. The number of benzene rings is 1. The van der Waals surface area contributed by atoms with Gasteiger partial charge in [0.2, 0.25) is 17.6 Å². The van der Waals surface area contributed by atoms with Crippen molar-refractivity contribution in [1.29, 1.82) is 0 Å². The molecule has 7 nitrogen and oxygen atoms in total. The van der Waals surface area contributed by atoms with Gasteiger partial charge in [0.1, 0.15) is 11.8 Å². The minimum atomic E-state index is -0.120. The van der Waals surface area contributed by atoms with E-state index in [1.165, 1.54) is 0 Å². The maximum Gasteiger partial charge on any atom is 0.246 e. The Labute approximate surface area is 157 Å². The topological polar surface area (TPSA) is 82.3 Å². The van der Waals surface area contributed by atoms with Crippen LogP contribution in [0.15, 0.2) is 53.2 Å². The number of para-hydroxylation sites is 1. The van der Waals surface area contributed by atoms with Crippen molar-refractivity contribution in [2.24, 2.45) is 0 Å². The largest absolute Gasteiger partial charge is 0.438 e. The van der Waals surface area contributed by atoms with Crippen molar-refractivity contribution in [1.82, 2.24) is 20.4 Å². The fraction of sp³-hybridized carbons (Fsp3) is 0.278. The van der Waals surface area contributed by atoms with Crippen molar-refractivity contribution in [3.63, 3.8) is 0 Å². The number of nitrogens with one attached hydrogen (secondary N) is 1. The summed E-state index contributed by atoms with van der Waals surface area (Å²) in [5, 5.41) is 7.43. The highest BCUT2D eigenvalue weighted by molar-refractivity contribution is 5.85. The first-order valence-corrected chi connectivity index (χ1v) is 8.18. The van der Waals surface area contributed by atoms with Gasteiger partial charge in [-0.3, -0.25) is 0 Å². The van der Waals surface area contributed by atoms with Crippen LogP contribution in [0.25, 0.3) is 11.4 Å². The number of hydrogen-bond donors (Lipinski definition) is 1. The van der Waals surface area contributed by atoms with Crippen LogP contribution >= 0.6 is 12.4 Å². The number of morpholine rings is 1. The van der Waals surface area contributed by atoms with Crippen LogP contribution in [0.3, 0.4) is 0 Å². The molecule has 8 heteroatoms. The maximum absolute atomic E-state index is 5.87. The van der Waals surface area contributed by atoms with Gasteiger partial charge in [0.05, 0.1) is 18.3 Å².